The van der Waals surface area contributed by atoms with E-state index < -0.39 is 17.6 Å². The van der Waals surface area contributed by atoms with E-state index >= 15 is 0 Å². The van der Waals surface area contributed by atoms with Crippen molar-refractivity contribution in [3.63, 3.8) is 0 Å². The normalized spacial score (nSPS) is 32.2. The van der Waals surface area contributed by atoms with Gasteiger partial charge >= 0.3 is 5.97 Å². The minimum absolute atomic E-state index is 0.239. The number of methoxy groups -OCH3 is 1. The highest BCUT2D eigenvalue weighted by Crippen LogP contribution is 2.41. The summed E-state index contributed by atoms with van der Waals surface area (Å²) in [6.45, 7) is 0.533. The number of nitrogens with zero attached hydrogens (tertiary/aromatic N) is 4. The number of carbonyl (C=O) groups excluding carboxylic acids is 2. The zero-order chi connectivity index (χ0) is 11.8. The maximum absolute atomic E-state index is 11.9. The van der Waals surface area contributed by atoms with Crippen LogP contribution in [-0.2, 0) is 14.3 Å². The maximum atomic E-state index is 11.9. The summed E-state index contributed by atoms with van der Waals surface area (Å²) in [5.74, 6) is -0.672. The Bertz CT molecular complexity index is 390. The number of esters is 1. The molecule has 0 unspecified atom stereocenters. The van der Waals surface area contributed by atoms with E-state index in [1.165, 1.54) is 12.0 Å². The highest BCUT2D eigenvalue weighted by molar-refractivity contribution is 5.95. The van der Waals surface area contributed by atoms with Crippen molar-refractivity contribution in [3.05, 3.63) is 10.4 Å². The summed E-state index contributed by atoms with van der Waals surface area (Å²) < 4.78 is 4.75. The van der Waals surface area contributed by atoms with E-state index in [9.17, 15) is 9.59 Å². The Kier molecular flexibility index (Phi) is 2.47. The van der Waals surface area contributed by atoms with E-state index in [2.05, 4.69) is 10.0 Å². The molecule has 0 N–H and O–H groups in total. The van der Waals surface area contributed by atoms with Gasteiger partial charge < -0.3 is 9.64 Å². The van der Waals surface area contributed by atoms with Crippen molar-refractivity contribution in [2.45, 2.75) is 30.8 Å². The van der Waals surface area contributed by atoms with Crippen LogP contribution in [0.1, 0.15) is 19.3 Å². The molecule has 2 fully saturated rings. The summed E-state index contributed by atoms with van der Waals surface area (Å²) in [5, 5.41) is 3.43. The number of azide groups is 1. The molecule has 16 heavy (non-hydrogen) atoms. The molecule has 0 saturated carbocycles. The predicted molar refractivity (Wildman–Crippen MR) is 53.2 cm³/mol. The zero-order valence-electron chi connectivity index (χ0n) is 8.92. The minimum Gasteiger partial charge on any atom is -0.467 e. The molecule has 0 aromatic carbocycles. The summed E-state index contributed by atoms with van der Waals surface area (Å²) >= 11 is 0. The monoisotopic (exact) mass is 224 g/mol. The molecular weight excluding hydrogens is 212 g/mol. The summed E-state index contributed by atoms with van der Waals surface area (Å²) in [4.78, 5) is 27.8. The molecule has 1 amide bonds. The summed E-state index contributed by atoms with van der Waals surface area (Å²) in [6, 6.07) is -0.760. The van der Waals surface area contributed by atoms with Crippen molar-refractivity contribution in [2.75, 3.05) is 13.7 Å². The first-order chi connectivity index (χ1) is 7.65. The van der Waals surface area contributed by atoms with Gasteiger partial charge in [0.2, 0.25) is 5.91 Å². The van der Waals surface area contributed by atoms with Crippen molar-refractivity contribution >= 4 is 11.9 Å². The van der Waals surface area contributed by atoms with Crippen LogP contribution in [0.3, 0.4) is 0 Å². The van der Waals surface area contributed by atoms with Gasteiger partial charge in [0.25, 0.3) is 0 Å². The first-order valence-corrected chi connectivity index (χ1v) is 5.10. The van der Waals surface area contributed by atoms with Gasteiger partial charge in [0.1, 0.15) is 11.6 Å². The largest absolute Gasteiger partial charge is 0.467 e. The quantitative estimate of drug-likeness (QED) is 0.297. The van der Waals surface area contributed by atoms with Crippen LogP contribution >= 0.6 is 0 Å². The molecule has 0 bridgehead atoms. The lowest BCUT2D eigenvalue weighted by atomic mass is 9.93. The Morgan fingerprint density at radius 2 is 2.50 bits per heavy atom. The topological polar surface area (TPSA) is 95.4 Å². The maximum Gasteiger partial charge on any atom is 0.331 e. The van der Waals surface area contributed by atoms with Gasteiger partial charge in [-0.1, -0.05) is 5.11 Å². The number of hydrogen-bond acceptors (Lipinski definition) is 4. The van der Waals surface area contributed by atoms with Gasteiger partial charge in [-0.2, -0.15) is 0 Å². The second-order valence-corrected chi connectivity index (χ2v) is 4.04. The Balaban J connectivity index is 2.34. The molecule has 86 valence electrons. The molecule has 2 aliphatic rings. The second-order valence-electron chi connectivity index (χ2n) is 4.04. The van der Waals surface area contributed by atoms with Gasteiger partial charge in [-0.3, -0.25) is 4.79 Å². The number of ether oxygens (including phenoxy) is 1. The molecule has 2 saturated heterocycles. The van der Waals surface area contributed by atoms with E-state index in [4.69, 9.17) is 10.3 Å². The lowest BCUT2D eigenvalue weighted by Crippen LogP contribution is -2.47. The Morgan fingerprint density at radius 1 is 1.75 bits per heavy atom. The molecule has 0 spiro atoms. The number of carbonyl (C=O) groups is 2. The second kappa shape index (κ2) is 3.68. The fourth-order valence-electron chi connectivity index (χ4n) is 2.64. The molecule has 7 heteroatoms. The van der Waals surface area contributed by atoms with E-state index in [1.807, 2.05) is 0 Å². The Morgan fingerprint density at radius 3 is 3.12 bits per heavy atom. The molecule has 2 heterocycles. The van der Waals surface area contributed by atoms with Crippen LogP contribution in [0.4, 0.5) is 0 Å². The van der Waals surface area contributed by atoms with Gasteiger partial charge in [0.05, 0.1) is 7.11 Å². The van der Waals surface area contributed by atoms with E-state index in [-0.39, 0.29) is 12.3 Å². The molecule has 0 radical (unpaired) electrons. The van der Waals surface area contributed by atoms with Gasteiger partial charge in [-0.15, -0.1) is 0 Å². The highest BCUT2D eigenvalue weighted by atomic mass is 16.5. The smallest absolute Gasteiger partial charge is 0.331 e. The Labute approximate surface area is 92.0 Å². The molecule has 0 aromatic rings. The van der Waals surface area contributed by atoms with Crippen molar-refractivity contribution in [2.24, 2.45) is 5.11 Å². The van der Waals surface area contributed by atoms with E-state index in [1.54, 1.807) is 0 Å². The third-order valence-corrected chi connectivity index (χ3v) is 3.33. The van der Waals surface area contributed by atoms with Crippen LogP contribution in [0.25, 0.3) is 10.4 Å². The summed E-state index contributed by atoms with van der Waals surface area (Å²) in [6.07, 6.45) is 1.61. The summed E-state index contributed by atoms with van der Waals surface area (Å²) in [5.41, 5.74) is 7.47. The average molecular weight is 224 g/mol. The molecule has 0 aliphatic carbocycles. The fraction of sp³-hybridized carbons (Fsp3) is 0.778. The summed E-state index contributed by atoms with van der Waals surface area (Å²) in [7, 11) is 1.30. The van der Waals surface area contributed by atoms with Gasteiger partial charge in [0.15, 0.2) is 0 Å². The molecule has 0 aromatic heterocycles. The number of amides is 1. The van der Waals surface area contributed by atoms with Crippen molar-refractivity contribution in [1.82, 2.24) is 4.90 Å². The SMILES string of the molecule is COC(=O)[C@@]12CCCN1C(=O)[C@H](N=[N+]=[N-])C2. The van der Waals surface area contributed by atoms with E-state index in [0.717, 1.165) is 6.42 Å². The third-order valence-electron chi connectivity index (χ3n) is 3.33. The number of rotatable bonds is 2. The first kappa shape index (κ1) is 10.8. The van der Waals surface area contributed by atoms with E-state index in [0.29, 0.717) is 13.0 Å². The van der Waals surface area contributed by atoms with Crippen molar-refractivity contribution in [1.29, 1.82) is 0 Å². The van der Waals surface area contributed by atoms with Crippen LogP contribution in [-0.4, -0.2) is 42.0 Å². The Hall–Kier alpha value is -1.75. The minimum atomic E-state index is -0.884. The first-order valence-electron chi connectivity index (χ1n) is 5.10. The predicted octanol–water partition coefficient (Wildman–Crippen LogP) is 0.603. The molecule has 2 rings (SSSR count). The lowest BCUT2D eigenvalue weighted by Gasteiger charge is -2.28. The van der Waals surface area contributed by atoms with Crippen LogP contribution in [0.5, 0.6) is 0 Å². The zero-order valence-corrected chi connectivity index (χ0v) is 8.92. The van der Waals surface area contributed by atoms with Crippen LogP contribution in [0.15, 0.2) is 5.11 Å². The number of fused-ring (bicyclic) bond motifs is 1. The van der Waals surface area contributed by atoms with Crippen LogP contribution in [0.2, 0.25) is 0 Å². The van der Waals surface area contributed by atoms with Crippen molar-refractivity contribution in [3.8, 4) is 0 Å². The third kappa shape index (κ3) is 1.25. The standard InChI is InChI=1S/C9H12N4O3/c1-16-8(15)9-3-2-4-13(9)7(14)6(5-9)11-12-10/h6H,2-5H2,1H3/t6-,9+/m1/s1. The van der Waals surface area contributed by atoms with Gasteiger partial charge in [0, 0.05) is 11.5 Å². The molecule has 2 atom stereocenters. The molecule has 2 aliphatic heterocycles. The lowest BCUT2D eigenvalue weighted by molar-refractivity contribution is -0.155. The highest BCUT2D eigenvalue weighted by Gasteiger charge is 2.58. The number of hydrogen-bond donors (Lipinski definition) is 0. The van der Waals surface area contributed by atoms with Gasteiger partial charge in [-0.25, -0.2) is 4.79 Å². The average Bonchev–Trinajstić information content (AvgIpc) is 2.80. The van der Waals surface area contributed by atoms with Crippen LogP contribution in [0, 0.1) is 0 Å². The fourth-order valence-corrected chi connectivity index (χ4v) is 2.64. The molecule has 7 nitrogen and oxygen atoms in total. The van der Waals surface area contributed by atoms with Crippen molar-refractivity contribution < 1.29 is 14.3 Å². The van der Waals surface area contributed by atoms with Gasteiger partial charge in [-0.05, 0) is 24.8 Å². The van der Waals surface area contributed by atoms with Crippen LogP contribution < -0.4 is 0 Å². The molecular formula is C9H12N4O3.